The molecule has 0 saturated heterocycles. The molecule has 3 aromatic rings. The number of amidine groups is 1. The quantitative estimate of drug-likeness (QED) is 0.562. The fourth-order valence-electron chi connectivity index (χ4n) is 3.29. The maximum atomic E-state index is 12.7. The number of carbonyl (C=O) groups excluding carboxylic acids is 2. The number of hydrogen-bond acceptors (Lipinski definition) is 5. The number of anilines is 3. The van der Waals surface area contributed by atoms with Crippen LogP contribution >= 0.6 is 0 Å². The normalized spacial score (nSPS) is 13.6. The summed E-state index contributed by atoms with van der Waals surface area (Å²) in [4.78, 5) is 24.3. The first-order valence-corrected chi connectivity index (χ1v) is 11.2. The molecule has 3 N–H and O–H groups in total. The molecule has 1 aliphatic rings. The number of benzene rings is 3. The van der Waals surface area contributed by atoms with Crippen LogP contribution in [0.1, 0.15) is 28.4 Å². The lowest BCUT2D eigenvalue weighted by molar-refractivity contribution is -0.114. The van der Waals surface area contributed by atoms with E-state index in [4.69, 9.17) is 0 Å². The van der Waals surface area contributed by atoms with Crippen LogP contribution in [0.2, 0.25) is 0 Å². The Bertz CT molecular complexity index is 1360. The molecule has 162 valence electrons. The minimum atomic E-state index is -3.72. The van der Waals surface area contributed by atoms with Gasteiger partial charge in [-0.2, -0.15) is 8.42 Å². The number of aryl methyl sites for hydroxylation is 1. The summed E-state index contributed by atoms with van der Waals surface area (Å²) < 4.78 is 28.2. The van der Waals surface area contributed by atoms with Gasteiger partial charge in [0.2, 0.25) is 5.91 Å². The van der Waals surface area contributed by atoms with Crippen molar-refractivity contribution in [3.63, 3.8) is 0 Å². The van der Waals surface area contributed by atoms with Gasteiger partial charge in [0.1, 0.15) is 4.90 Å². The van der Waals surface area contributed by atoms with Gasteiger partial charge < -0.3 is 16.0 Å². The molecule has 0 atom stereocenters. The molecule has 3 aromatic carbocycles. The minimum absolute atomic E-state index is 0.159. The second-order valence-corrected chi connectivity index (χ2v) is 8.87. The third kappa shape index (κ3) is 4.37. The second kappa shape index (κ2) is 8.27. The Balaban J connectivity index is 1.51. The van der Waals surface area contributed by atoms with Crippen LogP contribution < -0.4 is 16.0 Å². The molecule has 0 spiro atoms. The lowest BCUT2D eigenvalue weighted by atomic mass is 10.1. The SMILES string of the molecule is CC(=O)Nc1ccc(C)cc1NC(=O)c1ccc(NC2=NS(=O)(=O)c3ccccc32)cc1. The second-order valence-electron chi connectivity index (χ2n) is 7.30. The number of hydrogen-bond donors (Lipinski definition) is 3. The highest BCUT2D eigenvalue weighted by Gasteiger charge is 2.28. The predicted molar refractivity (Wildman–Crippen MR) is 124 cm³/mol. The third-order valence-corrected chi connectivity index (χ3v) is 6.11. The Morgan fingerprint density at radius 2 is 1.59 bits per heavy atom. The number of nitrogens with one attached hydrogen (secondary N) is 3. The monoisotopic (exact) mass is 448 g/mol. The summed E-state index contributed by atoms with van der Waals surface area (Å²) in [6, 6.07) is 18.5. The van der Waals surface area contributed by atoms with E-state index in [0.717, 1.165) is 5.56 Å². The van der Waals surface area contributed by atoms with Crippen LogP contribution in [0.15, 0.2) is 76.0 Å². The van der Waals surface area contributed by atoms with Gasteiger partial charge in [-0.3, -0.25) is 9.59 Å². The highest BCUT2D eigenvalue weighted by atomic mass is 32.2. The first-order valence-electron chi connectivity index (χ1n) is 9.74. The minimum Gasteiger partial charge on any atom is -0.339 e. The molecule has 0 unspecified atom stereocenters. The van der Waals surface area contributed by atoms with Crippen LogP contribution in [-0.4, -0.2) is 26.1 Å². The number of amides is 2. The van der Waals surface area contributed by atoms with Crippen molar-refractivity contribution in [1.82, 2.24) is 0 Å². The Hall–Kier alpha value is -3.98. The maximum Gasteiger partial charge on any atom is 0.285 e. The fraction of sp³-hybridized carbons (Fsp3) is 0.0870. The first kappa shape index (κ1) is 21.3. The van der Waals surface area contributed by atoms with E-state index in [-0.39, 0.29) is 22.5 Å². The molecule has 1 heterocycles. The Labute approximate surface area is 185 Å². The maximum absolute atomic E-state index is 12.7. The van der Waals surface area contributed by atoms with Crippen LogP contribution in [0.4, 0.5) is 17.1 Å². The zero-order chi connectivity index (χ0) is 22.9. The molecule has 32 heavy (non-hydrogen) atoms. The standard InChI is InChI=1S/C23H20N4O4S/c1-14-7-12-19(24-15(2)28)20(13-14)26-23(29)16-8-10-17(11-9-16)25-22-18-5-3-4-6-21(18)32(30,31)27-22/h3-13H,1-2H3,(H,24,28)(H,25,27)(H,26,29). The van der Waals surface area contributed by atoms with Gasteiger partial charge in [-0.25, -0.2) is 0 Å². The molecular weight excluding hydrogens is 428 g/mol. The van der Waals surface area contributed by atoms with Crippen LogP contribution in [0, 0.1) is 6.92 Å². The van der Waals surface area contributed by atoms with Crippen LogP contribution in [0.25, 0.3) is 0 Å². The Morgan fingerprint density at radius 3 is 2.31 bits per heavy atom. The van der Waals surface area contributed by atoms with Gasteiger partial charge in [-0.1, -0.05) is 18.2 Å². The summed E-state index contributed by atoms with van der Waals surface area (Å²) in [6.07, 6.45) is 0. The Kier molecular flexibility index (Phi) is 5.50. The molecule has 0 aromatic heterocycles. The van der Waals surface area contributed by atoms with Gasteiger partial charge in [0.15, 0.2) is 5.84 Å². The van der Waals surface area contributed by atoms with Gasteiger partial charge in [-0.05, 0) is 61.0 Å². The summed E-state index contributed by atoms with van der Waals surface area (Å²) in [6.45, 7) is 3.28. The summed E-state index contributed by atoms with van der Waals surface area (Å²) in [5, 5.41) is 8.51. The van der Waals surface area contributed by atoms with Crippen molar-refractivity contribution in [2.24, 2.45) is 4.40 Å². The largest absolute Gasteiger partial charge is 0.339 e. The van der Waals surface area contributed by atoms with E-state index in [1.54, 1.807) is 54.6 Å². The summed E-state index contributed by atoms with van der Waals surface area (Å²) in [7, 11) is -3.72. The molecule has 4 rings (SSSR count). The predicted octanol–water partition coefficient (Wildman–Crippen LogP) is 3.77. The van der Waals surface area contributed by atoms with Crippen molar-refractivity contribution in [3.8, 4) is 0 Å². The van der Waals surface area contributed by atoms with Crippen molar-refractivity contribution < 1.29 is 18.0 Å². The average molecular weight is 449 g/mol. The third-order valence-electron chi connectivity index (χ3n) is 4.78. The van der Waals surface area contributed by atoms with Crippen molar-refractivity contribution in [1.29, 1.82) is 0 Å². The van der Waals surface area contributed by atoms with Gasteiger partial charge in [-0.15, -0.1) is 4.40 Å². The number of nitrogens with zero attached hydrogens (tertiary/aromatic N) is 1. The molecule has 1 aliphatic heterocycles. The van der Waals surface area contributed by atoms with Gasteiger partial charge in [0.05, 0.1) is 11.4 Å². The zero-order valence-corrected chi connectivity index (χ0v) is 18.2. The van der Waals surface area contributed by atoms with Crippen LogP contribution in [0.5, 0.6) is 0 Å². The van der Waals surface area contributed by atoms with E-state index in [1.165, 1.54) is 13.0 Å². The van der Waals surface area contributed by atoms with E-state index in [9.17, 15) is 18.0 Å². The molecule has 0 saturated carbocycles. The molecule has 2 amide bonds. The Morgan fingerprint density at radius 1 is 0.875 bits per heavy atom. The molecule has 0 bridgehead atoms. The van der Waals surface area contributed by atoms with E-state index in [1.807, 2.05) is 13.0 Å². The molecule has 0 radical (unpaired) electrons. The van der Waals surface area contributed by atoms with Crippen molar-refractivity contribution in [2.45, 2.75) is 18.7 Å². The highest BCUT2D eigenvalue weighted by Crippen LogP contribution is 2.27. The smallest absolute Gasteiger partial charge is 0.285 e. The topological polar surface area (TPSA) is 117 Å². The fourth-order valence-corrected chi connectivity index (χ4v) is 4.47. The first-order chi connectivity index (χ1) is 15.2. The number of fused-ring (bicyclic) bond motifs is 1. The molecule has 8 nitrogen and oxygen atoms in total. The highest BCUT2D eigenvalue weighted by molar-refractivity contribution is 7.90. The van der Waals surface area contributed by atoms with Crippen LogP contribution in [0.3, 0.4) is 0 Å². The average Bonchev–Trinajstić information content (AvgIpc) is 3.00. The van der Waals surface area contributed by atoms with Crippen molar-refractivity contribution in [3.05, 3.63) is 83.4 Å². The molecule has 9 heteroatoms. The van der Waals surface area contributed by atoms with Crippen molar-refractivity contribution >= 4 is 44.7 Å². The number of sulfonamides is 1. The number of rotatable bonds is 4. The van der Waals surface area contributed by atoms with Gasteiger partial charge >= 0.3 is 0 Å². The lowest BCUT2D eigenvalue weighted by Crippen LogP contribution is -2.15. The van der Waals surface area contributed by atoms with Gasteiger partial charge in [0, 0.05) is 23.7 Å². The van der Waals surface area contributed by atoms with E-state index < -0.39 is 10.0 Å². The number of carbonyl (C=O) groups is 2. The van der Waals surface area contributed by atoms with Gasteiger partial charge in [0.25, 0.3) is 15.9 Å². The van der Waals surface area contributed by atoms with Crippen LogP contribution in [-0.2, 0) is 14.8 Å². The summed E-state index contributed by atoms with van der Waals surface area (Å²) in [5.74, 6) is -0.351. The molecular formula is C23H20N4O4S. The molecule has 0 aliphatic carbocycles. The zero-order valence-electron chi connectivity index (χ0n) is 17.3. The van der Waals surface area contributed by atoms with E-state index in [0.29, 0.717) is 28.2 Å². The molecule has 0 fully saturated rings. The van der Waals surface area contributed by atoms with E-state index >= 15 is 0 Å². The summed E-state index contributed by atoms with van der Waals surface area (Å²) >= 11 is 0. The lowest BCUT2D eigenvalue weighted by Gasteiger charge is -2.13. The van der Waals surface area contributed by atoms with E-state index in [2.05, 4.69) is 20.3 Å². The van der Waals surface area contributed by atoms with Crippen molar-refractivity contribution in [2.75, 3.05) is 16.0 Å². The summed E-state index contributed by atoms with van der Waals surface area (Å²) in [5.41, 5.74) is 3.41.